The summed E-state index contributed by atoms with van der Waals surface area (Å²) in [4.78, 5) is 0. The number of halogens is 2. The summed E-state index contributed by atoms with van der Waals surface area (Å²) < 4.78 is 18.9. The van der Waals surface area contributed by atoms with Gasteiger partial charge in [-0.05, 0) is 23.8 Å². The van der Waals surface area contributed by atoms with Crippen molar-refractivity contribution in [1.82, 2.24) is 0 Å². The van der Waals surface area contributed by atoms with E-state index in [-0.39, 0.29) is 12.4 Å². The molecule has 0 bridgehead atoms. The van der Waals surface area contributed by atoms with Crippen LogP contribution in [0.3, 0.4) is 0 Å². The molecule has 0 radical (unpaired) electrons. The fourth-order valence-electron chi connectivity index (χ4n) is 1.84. The van der Waals surface area contributed by atoms with Crippen molar-refractivity contribution in [3.8, 4) is 5.75 Å². The molecule has 112 valence electrons. The molecule has 0 spiro atoms. The summed E-state index contributed by atoms with van der Waals surface area (Å²) in [5, 5.41) is 19.7. The molecule has 2 rings (SSSR count). The summed E-state index contributed by atoms with van der Waals surface area (Å²) in [6, 6.07) is 13.1. The molecule has 5 heteroatoms. The Labute approximate surface area is 131 Å². The zero-order valence-electron chi connectivity index (χ0n) is 11.2. The zero-order valence-corrected chi connectivity index (χ0v) is 12.8. The number of aliphatic hydroxyl groups is 2. The summed E-state index contributed by atoms with van der Waals surface area (Å²) in [5.74, 6) is 0.271. The maximum atomic E-state index is 13.4. The number of benzene rings is 2. The van der Waals surface area contributed by atoms with E-state index in [1.807, 2.05) is 0 Å². The molecule has 0 saturated carbocycles. The molecule has 0 aliphatic heterocycles. The normalized spacial score (nSPS) is 13.7. The van der Waals surface area contributed by atoms with E-state index in [4.69, 9.17) is 4.74 Å². The standard InChI is InChI=1S/C16H16BrFO3/c17-9-15(19)16(20)11-5-7-13(8-6-11)21-10-12-3-1-2-4-14(12)18/h1-8,15-16,19-20H,9-10H2. The van der Waals surface area contributed by atoms with Gasteiger partial charge in [-0.1, -0.05) is 46.3 Å². The molecule has 3 nitrogen and oxygen atoms in total. The van der Waals surface area contributed by atoms with Crippen LogP contribution < -0.4 is 4.74 Å². The lowest BCUT2D eigenvalue weighted by Crippen LogP contribution is -2.19. The lowest BCUT2D eigenvalue weighted by molar-refractivity contribution is 0.0342. The summed E-state index contributed by atoms with van der Waals surface area (Å²) in [5.41, 5.74) is 1.08. The SMILES string of the molecule is OC(CBr)C(O)c1ccc(OCc2ccccc2F)cc1. The van der Waals surface area contributed by atoms with Gasteiger partial charge < -0.3 is 14.9 Å². The number of hydrogen-bond acceptors (Lipinski definition) is 3. The van der Waals surface area contributed by atoms with Gasteiger partial charge in [0.25, 0.3) is 0 Å². The first kappa shape index (κ1) is 15.9. The van der Waals surface area contributed by atoms with Crippen molar-refractivity contribution in [2.75, 3.05) is 5.33 Å². The van der Waals surface area contributed by atoms with E-state index in [0.717, 1.165) is 0 Å². The maximum Gasteiger partial charge on any atom is 0.129 e. The highest BCUT2D eigenvalue weighted by molar-refractivity contribution is 9.09. The van der Waals surface area contributed by atoms with Crippen LogP contribution in [0.1, 0.15) is 17.2 Å². The van der Waals surface area contributed by atoms with Gasteiger partial charge in [0.2, 0.25) is 0 Å². The highest BCUT2D eigenvalue weighted by Crippen LogP contribution is 2.22. The second kappa shape index (κ2) is 7.54. The van der Waals surface area contributed by atoms with Crippen molar-refractivity contribution < 1.29 is 19.3 Å². The lowest BCUT2D eigenvalue weighted by atomic mass is 10.1. The molecule has 0 heterocycles. The van der Waals surface area contributed by atoms with Crippen LogP contribution in [0.15, 0.2) is 48.5 Å². The van der Waals surface area contributed by atoms with Gasteiger partial charge in [-0.25, -0.2) is 4.39 Å². The number of rotatable bonds is 6. The van der Waals surface area contributed by atoms with Crippen LogP contribution in [-0.4, -0.2) is 21.6 Å². The third kappa shape index (κ3) is 4.27. The average Bonchev–Trinajstić information content (AvgIpc) is 2.53. The Morgan fingerprint density at radius 1 is 1.05 bits per heavy atom. The number of hydrogen-bond donors (Lipinski definition) is 2. The molecule has 2 atom stereocenters. The predicted molar refractivity (Wildman–Crippen MR) is 81.9 cm³/mol. The van der Waals surface area contributed by atoms with E-state index in [9.17, 15) is 14.6 Å². The molecule has 2 aromatic rings. The van der Waals surface area contributed by atoms with Crippen LogP contribution >= 0.6 is 15.9 Å². The largest absolute Gasteiger partial charge is 0.489 e. The minimum atomic E-state index is -0.954. The minimum absolute atomic E-state index is 0.137. The van der Waals surface area contributed by atoms with Crippen LogP contribution in [-0.2, 0) is 6.61 Å². The van der Waals surface area contributed by atoms with E-state index in [0.29, 0.717) is 22.2 Å². The Kier molecular flexibility index (Phi) is 5.73. The topological polar surface area (TPSA) is 49.7 Å². The van der Waals surface area contributed by atoms with Crippen molar-refractivity contribution in [3.63, 3.8) is 0 Å². The summed E-state index contributed by atoms with van der Waals surface area (Å²) >= 11 is 3.11. The van der Waals surface area contributed by atoms with Gasteiger partial charge in [0, 0.05) is 10.9 Å². The van der Waals surface area contributed by atoms with Gasteiger partial charge in [-0.15, -0.1) is 0 Å². The molecule has 2 aromatic carbocycles. The monoisotopic (exact) mass is 354 g/mol. The van der Waals surface area contributed by atoms with Crippen LogP contribution in [0.25, 0.3) is 0 Å². The maximum absolute atomic E-state index is 13.4. The Bertz CT molecular complexity index is 574. The van der Waals surface area contributed by atoms with Crippen molar-refractivity contribution in [2.24, 2.45) is 0 Å². The fourth-order valence-corrected chi connectivity index (χ4v) is 2.20. The number of aliphatic hydroxyl groups excluding tert-OH is 2. The summed E-state index contributed by atoms with van der Waals surface area (Å²) in [7, 11) is 0. The number of ether oxygens (including phenoxy) is 1. The van der Waals surface area contributed by atoms with E-state index in [1.54, 1.807) is 42.5 Å². The molecule has 2 unspecified atom stereocenters. The molecule has 0 aromatic heterocycles. The summed E-state index contributed by atoms with van der Waals surface area (Å²) in [6.07, 6.45) is -1.82. The molecule has 0 amide bonds. The molecule has 0 aliphatic rings. The van der Waals surface area contributed by atoms with Crippen LogP contribution in [0.4, 0.5) is 4.39 Å². The van der Waals surface area contributed by atoms with E-state index in [1.165, 1.54) is 6.07 Å². The second-order valence-corrected chi connectivity index (χ2v) is 5.26. The Morgan fingerprint density at radius 3 is 2.33 bits per heavy atom. The first-order valence-electron chi connectivity index (χ1n) is 6.50. The van der Waals surface area contributed by atoms with Crippen molar-refractivity contribution in [3.05, 3.63) is 65.5 Å². The van der Waals surface area contributed by atoms with Crippen molar-refractivity contribution in [2.45, 2.75) is 18.8 Å². The molecule has 0 fully saturated rings. The van der Waals surface area contributed by atoms with Crippen LogP contribution in [0.2, 0.25) is 0 Å². The smallest absolute Gasteiger partial charge is 0.129 e. The van der Waals surface area contributed by atoms with Crippen molar-refractivity contribution >= 4 is 15.9 Å². The molecular weight excluding hydrogens is 339 g/mol. The number of alkyl halides is 1. The molecule has 21 heavy (non-hydrogen) atoms. The second-order valence-electron chi connectivity index (χ2n) is 4.62. The average molecular weight is 355 g/mol. The predicted octanol–water partition coefficient (Wildman–Crippen LogP) is 3.19. The van der Waals surface area contributed by atoms with Crippen molar-refractivity contribution in [1.29, 1.82) is 0 Å². The van der Waals surface area contributed by atoms with Gasteiger partial charge in [0.05, 0.1) is 6.10 Å². The molecular formula is C16H16BrFO3. The van der Waals surface area contributed by atoms with Gasteiger partial charge >= 0.3 is 0 Å². The van der Waals surface area contributed by atoms with Gasteiger partial charge in [-0.2, -0.15) is 0 Å². The Balaban J connectivity index is 1.98. The van der Waals surface area contributed by atoms with Gasteiger partial charge in [-0.3, -0.25) is 0 Å². The van der Waals surface area contributed by atoms with E-state index < -0.39 is 12.2 Å². The van der Waals surface area contributed by atoms with E-state index >= 15 is 0 Å². The lowest BCUT2D eigenvalue weighted by Gasteiger charge is -2.16. The zero-order chi connectivity index (χ0) is 15.2. The van der Waals surface area contributed by atoms with E-state index in [2.05, 4.69) is 15.9 Å². The minimum Gasteiger partial charge on any atom is -0.489 e. The van der Waals surface area contributed by atoms with Gasteiger partial charge in [0.1, 0.15) is 24.3 Å². The highest BCUT2D eigenvalue weighted by atomic mass is 79.9. The molecule has 0 aliphatic carbocycles. The third-order valence-corrected chi connectivity index (χ3v) is 3.76. The third-order valence-electron chi connectivity index (χ3n) is 3.10. The van der Waals surface area contributed by atoms with Gasteiger partial charge in [0.15, 0.2) is 0 Å². The highest BCUT2D eigenvalue weighted by Gasteiger charge is 2.16. The first-order valence-corrected chi connectivity index (χ1v) is 7.62. The molecule has 0 saturated heterocycles. The first-order chi connectivity index (χ1) is 10.1. The van der Waals surface area contributed by atoms with Crippen LogP contribution in [0, 0.1) is 5.82 Å². The Morgan fingerprint density at radius 2 is 1.71 bits per heavy atom. The molecule has 2 N–H and O–H groups in total. The summed E-state index contributed by atoms with van der Waals surface area (Å²) in [6.45, 7) is 0.137. The quantitative estimate of drug-likeness (QED) is 0.783. The Hall–Kier alpha value is -1.43. The van der Waals surface area contributed by atoms with Crippen LogP contribution in [0.5, 0.6) is 5.75 Å². The fraction of sp³-hybridized carbons (Fsp3) is 0.250.